The second-order valence-electron chi connectivity index (χ2n) is 6.42. The molecule has 4 atom stereocenters. The highest BCUT2D eigenvalue weighted by Crippen LogP contribution is 2.57. The molecule has 3 nitrogen and oxygen atoms in total. The number of hydrogen-bond acceptors (Lipinski definition) is 3. The second kappa shape index (κ2) is 3.47. The summed E-state index contributed by atoms with van der Waals surface area (Å²) in [6.45, 7) is 10.1. The quantitative estimate of drug-likeness (QED) is 0.406. The molecule has 2 saturated carbocycles. The maximum absolute atomic E-state index is 11.6. The maximum Gasteiger partial charge on any atom is 0.336 e. The zero-order chi connectivity index (χ0) is 13.1. The van der Waals surface area contributed by atoms with E-state index in [2.05, 4.69) is 20.1 Å². The molecule has 1 N–H and O–H groups in total. The minimum atomic E-state index is -1.17. The van der Waals surface area contributed by atoms with Crippen molar-refractivity contribution in [2.24, 2.45) is 11.3 Å². The number of allylic oxidation sites excluding steroid dienone is 1. The fraction of sp³-hybridized carbons (Fsp3) is 0.667. The van der Waals surface area contributed by atoms with Gasteiger partial charge in [-0.2, -0.15) is 0 Å². The molecular formula is C15H20O3. The molecule has 0 aromatic heterocycles. The van der Waals surface area contributed by atoms with Crippen LogP contribution in [0.2, 0.25) is 0 Å². The molecule has 0 amide bonds. The van der Waals surface area contributed by atoms with Crippen molar-refractivity contribution in [1.82, 2.24) is 0 Å². The minimum Gasteiger partial charge on any atom is -0.455 e. The van der Waals surface area contributed by atoms with E-state index in [9.17, 15) is 9.90 Å². The standard InChI is InChI=1S/C15H20O3/c1-9-5-4-6-14(3)8-12-15(17,7-11(9)14)10(2)13(16)18-12/h11-12,17H,1-2,4-8H2,3H3/t11?,12?,14-,15+/m1/s1. The van der Waals surface area contributed by atoms with Gasteiger partial charge in [0.15, 0.2) is 0 Å². The van der Waals surface area contributed by atoms with E-state index in [1.165, 1.54) is 5.57 Å². The van der Waals surface area contributed by atoms with Gasteiger partial charge in [-0.3, -0.25) is 0 Å². The van der Waals surface area contributed by atoms with Crippen LogP contribution in [0.4, 0.5) is 0 Å². The Balaban J connectivity index is 1.99. The molecule has 3 aliphatic rings. The number of carbonyl (C=O) groups excluding carboxylic acids is 1. The van der Waals surface area contributed by atoms with Gasteiger partial charge in [0, 0.05) is 0 Å². The number of esters is 1. The Bertz CT molecular complexity index is 453. The first-order valence-electron chi connectivity index (χ1n) is 6.67. The fourth-order valence-corrected chi connectivity index (χ4v) is 4.06. The minimum absolute atomic E-state index is 0.108. The van der Waals surface area contributed by atoms with E-state index >= 15 is 0 Å². The topological polar surface area (TPSA) is 46.5 Å². The van der Waals surface area contributed by atoms with Gasteiger partial charge in [-0.1, -0.05) is 25.7 Å². The highest BCUT2D eigenvalue weighted by Gasteiger charge is 2.60. The van der Waals surface area contributed by atoms with Crippen LogP contribution in [0.1, 0.15) is 39.0 Å². The van der Waals surface area contributed by atoms with Gasteiger partial charge in [-0.15, -0.1) is 0 Å². The van der Waals surface area contributed by atoms with Gasteiger partial charge < -0.3 is 9.84 Å². The second-order valence-corrected chi connectivity index (χ2v) is 6.42. The molecule has 3 heteroatoms. The lowest BCUT2D eigenvalue weighted by Gasteiger charge is -2.52. The number of hydrogen-bond donors (Lipinski definition) is 1. The van der Waals surface area contributed by atoms with Crippen molar-refractivity contribution in [2.45, 2.75) is 50.7 Å². The van der Waals surface area contributed by atoms with Gasteiger partial charge in [0.25, 0.3) is 0 Å². The molecule has 2 aliphatic carbocycles. The largest absolute Gasteiger partial charge is 0.455 e. The normalized spacial score (nSPS) is 47.6. The highest BCUT2D eigenvalue weighted by atomic mass is 16.6. The van der Waals surface area contributed by atoms with Crippen molar-refractivity contribution in [2.75, 3.05) is 0 Å². The van der Waals surface area contributed by atoms with Crippen molar-refractivity contribution < 1.29 is 14.6 Å². The van der Waals surface area contributed by atoms with Crippen molar-refractivity contribution in [3.8, 4) is 0 Å². The Kier molecular flexibility index (Phi) is 2.31. The average Bonchev–Trinajstić information content (AvgIpc) is 2.50. The van der Waals surface area contributed by atoms with E-state index < -0.39 is 17.7 Å². The summed E-state index contributed by atoms with van der Waals surface area (Å²) in [5.74, 6) is -0.158. The lowest BCUT2D eigenvalue weighted by molar-refractivity contribution is -0.150. The molecule has 0 aromatic rings. The van der Waals surface area contributed by atoms with E-state index in [-0.39, 0.29) is 16.9 Å². The predicted molar refractivity (Wildman–Crippen MR) is 67.8 cm³/mol. The van der Waals surface area contributed by atoms with E-state index in [4.69, 9.17) is 4.74 Å². The first-order valence-corrected chi connectivity index (χ1v) is 6.67. The lowest BCUT2D eigenvalue weighted by atomic mass is 9.54. The summed E-state index contributed by atoms with van der Waals surface area (Å²) in [6, 6.07) is 0. The van der Waals surface area contributed by atoms with Crippen LogP contribution in [0.3, 0.4) is 0 Å². The van der Waals surface area contributed by atoms with Crippen LogP contribution < -0.4 is 0 Å². The third kappa shape index (κ3) is 1.37. The smallest absolute Gasteiger partial charge is 0.336 e. The Hall–Kier alpha value is -1.09. The van der Waals surface area contributed by atoms with Crippen LogP contribution in [-0.2, 0) is 9.53 Å². The first kappa shape index (κ1) is 12.0. The molecule has 98 valence electrons. The van der Waals surface area contributed by atoms with E-state index in [1.807, 2.05) is 0 Å². The monoisotopic (exact) mass is 248 g/mol. The third-order valence-electron chi connectivity index (χ3n) is 5.30. The highest BCUT2D eigenvalue weighted by molar-refractivity contribution is 5.93. The maximum atomic E-state index is 11.6. The molecule has 3 fully saturated rings. The number of fused-ring (bicyclic) bond motifs is 2. The average molecular weight is 248 g/mol. The summed E-state index contributed by atoms with van der Waals surface area (Å²) in [6.07, 6.45) is 4.14. The van der Waals surface area contributed by atoms with Crippen LogP contribution >= 0.6 is 0 Å². The SMILES string of the molecule is C=C1CCC[C@]2(C)CC3OC(=O)C(=C)[C@@]3(O)CC12. The molecule has 1 aliphatic heterocycles. The molecule has 3 rings (SSSR count). The molecule has 18 heavy (non-hydrogen) atoms. The van der Waals surface area contributed by atoms with E-state index in [1.54, 1.807) is 0 Å². The van der Waals surface area contributed by atoms with Gasteiger partial charge in [-0.25, -0.2) is 4.79 Å². The number of aliphatic hydroxyl groups is 1. The van der Waals surface area contributed by atoms with Crippen molar-refractivity contribution in [1.29, 1.82) is 0 Å². The van der Waals surface area contributed by atoms with Gasteiger partial charge in [-0.05, 0) is 43.4 Å². The number of rotatable bonds is 0. The number of ether oxygens (including phenoxy) is 1. The molecule has 1 saturated heterocycles. The zero-order valence-electron chi connectivity index (χ0n) is 10.9. The summed E-state index contributed by atoms with van der Waals surface area (Å²) >= 11 is 0. The third-order valence-corrected chi connectivity index (χ3v) is 5.30. The van der Waals surface area contributed by atoms with Gasteiger partial charge in [0.2, 0.25) is 0 Å². The molecule has 0 spiro atoms. The van der Waals surface area contributed by atoms with Gasteiger partial charge >= 0.3 is 5.97 Å². The Labute approximate surface area is 108 Å². The van der Waals surface area contributed by atoms with Crippen LogP contribution in [0.15, 0.2) is 24.3 Å². The fourth-order valence-electron chi connectivity index (χ4n) is 4.06. The van der Waals surface area contributed by atoms with Gasteiger partial charge in [0.05, 0.1) is 5.57 Å². The Morgan fingerprint density at radius 3 is 2.83 bits per heavy atom. The molecule has 2 unspecified atom stereocenters. The molecule has 0 radical (unpaired) electrons. The molecule has 0 aromatic carbocycles. The Morgan fingerprint density at radius 2 is 2.11 bits per heavy atom. The molecule has 1 heterocycles. The van der Waals surface area contributed by atoms with E-state index in [0.717, 1.165) is 25.7 Å². The van der Waals surface area contributed by atoms with Crippen LogP contribution in [0.25, 0.3) is 0 Å². The lowest BCUT2D eigenvalue weighted by Crippen LogP contribution is -2.53. The van der Waals surface area contributed by atoms with Crippen molar-refractivity contribution >= 4 is 5.97 Å². The van der Waals surface area contributed by atoms with Crippen LogP contribution in [-0.4, -0.2) is 22.8 Å². The number of carbonyl (C=O) groups is 1. The molecule has 0 bridgehead atoms. The van der Waals surface area contributed by atoms with Gasteiger partial charge in [0.1, 0.15) is 11.7 Å². The zero-order valence-corrected chi connectivity index (χ0v) is 10.9. The van der Waals surface area contributed by atoms with E-state index in [0.29, 0.717) is 6.42 Å². The van der Waals surface area contributed by atoms with Crippen molar-refractivity contribution in [3.05, 3.63) is 24.3 Å². The predicted octanol–water partition coefficient (Wildman–Crippen LogP) is 2.36. The summed E-state index contributed by atoms with van der Waals surface area (Å²) in [7, 11) is 0. The van der Waals surface area contributed by atoms with Crippen LogP contribution in [0.5, 0.6) is 0 Å². The Morgan fingerprint density at radius 1 is 1.39 bits per heavy atom. The summed E-state index contributed by atoms with van der Waals surface area (Å²) in [5, 5.41) is 10.7. The van der Waals surface area contributed by atoms with Crippen LogP contribution in [0, 0.1) is 11.3 Å². The molecular weight excluding hydrogens is 228 g/mol. The van der Waals surface area contributed by atoms with Crippen molar-refractivity contribution in [3.63, 3.8) is 0 Å². The summed E-state index contributed by atoms with van der Waals surface area (Å²) in [4.78, 5) is 11.6. The first-order chi connectivity index (χ1) is 8.37. The summed E-state index contributed by atoms with van der Waals surface area (Å²) < 4.78 is 5.31. The summed E-state index contributed by atoms with van der Waals surface area (Å²) in [5.41, 5.74) is 0.384.